The van der Waals surface area contributed by atoms with Crippen molar-refractivity contribution >= 4 is 38.6 Å². The molecule has 0 radical (unpaired) electrons. The van der Waals surface area contributed by atoms with Gasteiger partial charge in [0, 0.05) is 18.8 Å². The molecule has 0 unspecified atom stereocenters. The monoisotopic (exact) mass is 588 g/mol. The summed E-state index contributed by atoms with van der Waals surface area (Å²) in [5.41, 5.74) is -1.28. The summed E-state index contributed by atoms with van der Waals surface area (Å²) in [6.07, 6.45) is 2.48. The van der Waals surface area contributed by atoms with Gasteiger partial charge in [-0.05, 0) is 30.9 Å². The lowest BCUT2D eigenvalue weighted by Gasteiger charge is -2.27. The van der Waals surface area contributed by atoms with Crippen molar-refractivity contribution in [3.8, 4) is 0 Å². The van der Waals surface area contributed by atoms with E-state index in [1.165, 1.54) is 6.07 Å². The van der Waals surface area contributed by atoms with Crippen LogP contribution in [0, 0.1) is 11.6 Å². The molecule has 1 fully saturated rings. The van der Waals surface area contributed by atoms with Gasteiger partial charge in [-0.25, -0.2) is 23.8 Å². The average Bonchev–Trinajstić information content (AvgIpc) is 3.49. The van der Waals surface area contributed by atoms with E-state index in [1.807, 2.05) is 0 Å². The summed E-state index contributed by atoms with van der Waals surface area (Å²) >= 11 is 0. The van der Waals surface area contributed by atoms with Crippen LogP contribution in [0.25, 0.3) is 16.7 Å². The summed E-state index contributed by atoms with van der Waals surface area (Å²) in [6, 6.07) is 2.42. The highest BCUT2D eigenvalue weighted by Gasteiger charge is 2.36. The number of hydrogen-bond donors (Lipinski definition) is 1. The largest absolute Gasteiger partial charge is 0.421 e. The molecule has 1 aromatic carbocycles. The summed E-state index contributed by atoms with van der Waals surface area (Å²) in [5.74, 6) is -0.968. The number of fused-ring (bicyclic) bond motifs is 2. The average molecular weight is 589 g/mol. The van der Waals surface area contributed by atoms with Crippen LogP contribution in [0.3, 0.4) is 0 Å². The maximum Gasteiger partial charge on any atom is 0.421 e. The van der Waals surface area contributed by atoms with Gasteiger partial charge in [0.05, 0.1) is 38.1 Å². The zero-order valence-electron chi connectivity index (χ0n) is 22.1. The predicted molar refractivity (Wildman–Crippen MR) is 142 cm³/mol. The summed E-state index contributed by atoms with van der Waals surface area (Å²) in [7, 11) is -0.807. The Bertz CT molecular complexity index is 1510. The van der Waals surface area contributed by atoms with Crippen LogP contribution in [0.4, 0.5) is 33.8 Å². The van der Waals surface area contributed by atoms with Crippen LogP contribution in [0.2, 0.25) is 0 Å². The lowest BCUT2D eigenvalue weighted by atomic mass is 10.3. The number of nitrogens with zero attached hydrogens (tertiary/aromatic N) is 7. The molecule has 4 heterocycles. The maximum absolute atomic E-state index is 14.6. The molecule has 218 valence electrons. The Kier molecular flexibility index (Phi) is 7.76. The van der Waals surface area contributed by atoms with Crippen molar-refractivity contribution in [3.63, 3.8) is 0 Å². The first kappa shape index (κ1) is 28.3. The van der Waals surface area contributed by atoms with Crippen molar-refractivity contribution in [2.75, 3.05) is 67.6 Å². The molecule has 1 aliphatic heterocycles. The molecule has 1 N–H and O–H groups in total. The summed E-state index contributed by atoms with van der Waals surface area (Å²) in [4.78, 5) is 14.6. The van der Waals surface area contributed by atoms with Crippen LogP contribution in [-0.2, 0) is 28.9 Å². The molecule has 1 saturated heterocycles. The highest BCUT2D eigenvalue weighted by Crippen LogP contribution is 2.34. The quantitative estimate of drug-likeness (QED) is 0.233. The third-order valence-corrected chi connectivity index (χ3v) is 7.70. The third kappa shape index (κ3) is 5.93. The highest BCUT2D eigenvalue weighted by molar-refractivity contribution is 8.32. The Morgan fingerprint density at radius 1 is 1.07 bits per heavy atom. The predicted octanol–water partition coefficient (Wildman–Crippen LogP) is 3.89. The van der Waals surface area contributed by atoms with Crippen LogP contribution >= 0.6 is 10.0 Å². The second kappa shape index (κ2) is 11.0. The van der Waals surface area contributed by atoms with Gasteiger partial charge in [0.1, 0.15) is 23.6 Å². The molecule has 0 saturated carbocycles. The minimum Gasteiger partial charge on any atom is -0.378 e. The Balaban J connectivity index is 1.49. The molecule has 10 nitrogen and oxygen atoms in total. The second-order valence-corrected chi connectivity index (χ2v) is 14.7. The van der Waals surface area contributed by atoms with Crippen molar-refractivity contribution in [3.05, 3.63) is 41.4 Å². The normalized spacial score (nSPS) is 15.3. The number of rotatable bonds is 9. The fourth-order valence-electron chi connectivity index (χ4n) is 4.17. The molecule has 0 atom stereocenters. The van der Waals surface area contributed by atoms with Gasteiger partial charge in [-0.1, -0.05) is 0 Å². The van der Waals surface area contributed by atoms with Gasteiger partial charge in [0.2, 0.25) is 11.9 Å². The first-order valence-corrected chi connectivity index (χ1v) is 15.4. The molecular weight excluding hydrogens is 559 g/mol. The Hall–Kier alpha value is -3.24. The number of aromatic nitrogens is 6. The van der Waals surface area contributed by atoms with Crippen molar-refractivity contribution < 1.29 is 31.4 Å². The van der Waals surface area contributed by atoms with E-state index in [9.17, 15) is 22.0 Å². The van der Waals surface area contributed by atoms with Crippen LogP contribution in [-0.4, -0.2) is 86.6 Å². The number of morpholine rings is 1. The fourth-order valence-corrected chi connectivity index (χ4v) is 4.79. The number of nitrogens with one attached hydrogen (secondary N) is 1. The number of halogens is 5. The van der Waals surface area contributed by atoms with Crippen LogP contribution in [0.5, 0.6) is 0 Å². The van der Waals surface area contributed by atoms with Crippen molar-refractivity contribution in [2.45, 2.75) is 19.5 Å². The van der Waals surface area contributed by atoms with Gasteiger partial charge in [-0.3, -0.25) is 0 Å². The molecule has 16 heteroatoms. The summed E-state index contributed by atoms with van der Waals surface area (Å²) in [6.45, 7) is 1.94. The molecule has 0 amide bonds. The van der Waals surface area contributed by atoms with E-state index in [2.05, 4.69) is 44.1 Å². The van der Waals surface area contributed by atoms with Crippen molar-refractivity contribution in [1.82, 2.24) is 29.1 Å². The highest BCUT2D eigenvalue weighted by atomic mass is 32.3. The van der Waals surface area contributed by atoms with Gasteiger partial charge >= 0.3 is 6.18 Å². The SMILES string of the molecule is CS(C)(C)CCOCn1c(CNc2nc(N3CCOCC3)nc3c(C(F)(F)F)cnn23)nc2c(F)c(F)ccc21. The number of anilines is 2. The zero-order valence-corrected chi connectivity index (χ0v) is 23.0. The molecule has 1 aliphatic rings. The van der Waals surface area contributed by atoms with Crippen molar-refractivity contribution in [2.24, 2.45) is 0 Å². The van der Waals surface area contributed by atoms with Crippen LogP contribution < -0.4 is 10.2 Å². The minimum atomic E-state index is -4.68. The lowest BCUT2D eigenvalue weighted by molar-refractivity contribution is -0.136. The molecule has 40 heavy (non-hydrogen) atoms. The van der Waals surface area contributed by atoms with E-state index in [0.29, 0.717) is 44.6 Å². The number of alkyl halides is 3. The van der Waals surface area contributed by atoms with Gasteiger partial charge < -0.3 is 24.3 Å². The number of ether oxygens (including phenoxy) is 2. The van der Waals surface area contributed by atoms with Gasteiger partial charge in [0.25, 0.3) is 0 Å². The van der Waals surface area contributed by atoms with Crippen molar-refractivity contribution in [1.29, 1.82) is 0 Å². The first-order chi connectivity index (χ1) is 18.9. The molecule has 5 rings (SSSR count). The number of imidazole rings is 1. The zero-order chi connectivity index (χ0) is 28.7. The van der Waals surface area contributed by atoms with E-state index >= 15 is 0 Å². The summed E-state index contributed by atoms with van der Waals surface area (Å²) in [5, 5.41) is 6.84. The fraction of sp³-hybridized carbons (Fsp3) is 0.500. The van der Waals surface area contributed by atoms with Crippen LogP contribution in [0.1, 0.15) is 11.4 Å². The van der Waals surface area contributed by atoms with Gasteiger partial charge in [-0.2, -0.15) is 32.8 Å². The molecule has 3 aromatic heterocycles. The molecular formula is C24H29F5N8O2S. The Morgan fingerprint density at radius 2 is 1.82 bits per heavy atom. The molecule has 4 aromatic rings. The third-order valence-electron chi connectivity index (χ3n) is 6.31. The Labute approximate surface area is 227 Å². The standard InChI is InChI=1S/C24H29F5N8O2S/c1-40(2,3)11-10-39-14-36-17-5-4-16(25)19(26)20(17)32-18(36)13-30-22-34-23(35-6-8-38-9-7-35)33-21-15(24(27,28)29)12-31-37(21)22/h4-5,12H,6-11,13-14H2,1-3H3,(H,30,33,34). The van der Waals surface area contributed by atoms with E-state index in [0.717, 1.165) is 16.3 Å². The molecule has 0 spiro atoms. The maximum atomic E-state index is 14.6. The number of benzene rings is 1. The summed E-state index contributed by atoms with van der Waals surface area (Å²) < 4.78 is 83.5. The smallest absolute Gasteiger partial charge is 0.378 e. The second-order valence-electron chi connectivity index (χ2n) is 10.1. The van der Waals surface area contributed by atoms with E-state index in [-0.39, 0.29) is 36.5 Å². The topological polar surface area (TPSA) is 94.6 Å². The molecule has 0 aliphatic carbocycles. The van der Waals surface area contributed by atoms with E-state index in [4.69, 9.17) is 9.47 Å². The molecule has 0 bridgehead atoms. The van der Waals surface area contributed by atoms with Gasteiger partial charge in [0.15, 0.2) is 17.3 Å². The Morgan fingerprint density at radius 3 is 2.52 bits per heavy atom. The van der Waals surface area contributed by atoms with Gasteiger partial charge in [-0.15, -0.1) is 0 Å². The van der Waals surface area contributed by atoms with E-state index in [1.54, 1.807) is 9.47 Å². The first-order valence-electron chi connectivity index (χ1n) is 12.4. The van der Waals surface area contributed by atoms with Crippen LogP contribution in [0.15, 0.2) is 18.3 Å². The van der Waals surface area contributed by atoms with E-state index < -0.39 is 39.0 Å². The lowest BCUT2D eigenvalue weighted by Crippen LogP contribution is -2.37. The minimum absolute atomic E-state index is 0.0201. The number of hydrogen-bond acceptors (Lipinski definition) is 8.